The standard InChI is InChI=1S/C32H35FN6O3/c33-24-14-12-23(13-15-24)21-38-31(41)27-10-3-4-11-28(27)39-29(35-36-32(38)39)16-17-30(40)34-18-6-19-37(25-7-1-2-8-25)22-26-9-5-20-42-26/h3-5,9-15,20,25H,1-2,6-8,16-19,21-22H2,(H,34,40). The average Bonchev–Trinajstić information content (AvgIpc) is 3.80. The van der Waals surface area contributed by atoms with Gasteiger partial charge in [-0.05, 0) is 61.2 Å². The van der Waals surface area contributed by atoms with E-state index >= 15 is 0 Å². The predicted molar refractivity (Wildman–Crippen MR) is 158 cm³/mol. The number of furan rings is 1. The molecule has 0 aliphatic heterocycles. The fraction of sp³-hybridized carbons (Fsp3) is 0.375. The van der Waals surface area contributed by atoms with Crippen LogP contribution in [0.1, 0.15) is 55.7 Å². The molecule has 3 heterocycles. The molecule has 1 aliphatic carbocycles. The first kappa shape index (κ1) is 27.8. The van der Waals surface area contributed by atoms with Crippen LogP contribution in [-0.2, 0) is 24.3 Å². The van der Waals surface area contributed by atoms with Crippen LogP contribution in [0.25, 0.3) is 16.7 Å². The van der Waals surface area contributed by atoms with Gasteiger partial charge in [0.25, 0.3) is 5.56 Å². The Kier molecular flexibility index (Phi) is 8.41. The van der Waals surface area contributed by atoms with E-state index in [1.807, 2.05) is 34.7 Å². The van der Waals surface area contributed by atoms with E-state index in [9.17, 15) is 14.0 Å². The Labute approximate surface area is 243 Å². The number of hydrogen-bond donors (Lipinski definition) is 1. The Balaban J connectivity index is 1.11. The summed E-state index contributed by atoms with van der Waals surface area (Å²) in [5, 5.41) is 12.3. The average molecular weight is 571 g/mol. The van der Waals surface area contributed by atoms with Gasteiger partial charge in [0.15, 0.2) is 0 Å². The molecule has 9 nitrogen and oxygen atoms in total. The van der Waals surface area contributed by atoms with Crippen LogP contribution in [0.15, 0.2) is 76.1 Å². The number of para-hydroxylation sites is 1. The lowest BCUT2D eigenvalue weighted by atomic mass is 10.2. The SMILES string of the molecule is O=C(CCc1nnc2n(Cc3ccc(F)cc3)c(=O)c3ccccc3n12)NCCCN(Cc1ccco1)C1CCCC1. The summed E-state index contributed by atoms with van der Waals surface area (Å²) in [4.78, 5) is 28.7. The number of carbonyl (C=O) groups is 1. The van der Waals surface area contributed by atoms with Crippen molar-refractivity contribution in [2.45, 2.75) is 64.1 Å². The maximum atomic E-state index is 13.5. The number of aromatic nitrogens is 4. The number of fused-ring (bicyclic) bond motifs is 3. The van der Waals surface area contributed by atoms with Gasteiger partial charge >= 0.3 is 0 Å². The van der Waals surface area contributed by atoms with Crippen molar-refractivity contribution in [1.29, 1.82) is 0 Å². The molecule has 0 radical (unpaired) electrons. The minimum Gasteiger partial charge on any atom is -0.468 e. The minimum absolute atomic E-state index is 0.0471. The molecule has 3 aromatic heterocycles. The Bertz CT molecular complexity index is 1700. The molecule has 0 saturated heterocycles. The van der Waals surface area contributed by atoms with Gasteiger partial charge in [0.2, 0.25) is 11.7 Å². The second-order valence-electron chi connectivity index (χ2n) is 11.0. The molecule has 5 aromatic rings. The number of amides is 1. The quantitative estimate of drug-likeness (QED) is 0.218. The van der Waals surface area contributed by atoms with E-state index in [1.165, 1.54) is 37.8 Å². The fourth-order valence-corrected chi connectivity index (χ4v) is 5.98. The van der Waals surface area contributed by atoms with Crippen molar-refractivity contribution in [2.24, 2.45) is 0 Å². The maximum Gasteiger partial charge on any atom is 0.263 e. The van der Waals surface area contributed by atoms with Crippen LogP contribution >= 0.6 is 0 Å². The molecule has 1 aliphatic rings. The number of carbonyl (C=O) groups excluding carboxylic acids is 1. The van der Waals surface area contributed by atoms with Crippen LogP contribution in [0.3, 0.4) is 0 Å². The van der Waals surface area contributed by atoms with Crippen molar-refractivity contribution in [2.75, 3.05) is 13.1 Å². The zero-order valence-corrected chi connectivity index (χ0v) is 23.5. The van der Waals surface area contributed by atoms with Gasteiger partial charge in [0.05, 0.1) is 30.3 Å². The molecule has 10 heteroatoms. The monoisotopic (exact) mass is 570 g/mol. The van der Waals surface area contributed by atoms with Crippen molar-refractivity contribution in [3.05, 3.63) is 100 Å². The largest absolute Gasteiger partial charge is 0.468 e. The topological polar surface area (TPSA) is 97.7 Å². The van der Waals surface area contributed by atoms with Gasteiger partial charge in [0.1, 0.15) is 17.4 Å². The highest BCUT2D eigenvalue weighted by Crippen LogP contribution is 2.25. The first-order valence-electron chi connectivity index (χ1n) is 14.7. The molecule has 1 N–H and O–H groups in total. The molecular weight excluding hydrogens is 535 g/mol. The Morgan fingerprint density at radius 3 is 2.64 bits per heavy atom. The molecule has 1 amide bonds. The van der Waals surface area contributed by atoms with Crippen molar-refractivity contribution < 1.29 is 13.6 Å². The summed E-state index contributed by atoms with van der Waals surface area (Å²) < 4.78 is 22.4. The number of halogens is 1. The fourth-order valence-electron chi connectivity index (χ4n) is 5.98. The van der Waals surface area contributed by atoms with Crippen molar-refractivity contribution in [3.63, 3.8) is 0 Å². The van der Waals surface area contributed by atoms with Crippen LogP contribution in [-0.4, -0.2) is 49.1 Å². The van der Waals surface area contributed by atoms with Gasteiger partial charge in [-0.15, -0.1) is 10.2 Å². The van der Waals surface area contributed by atoms with E-state index in [2.05, 4.69) is 20.4 Å². The number of rotatable bonds is 12. The molecule has 1 fully saturated rings. The minimum atomic E-state index is -0.335. The highest BCUT2D eigenvalue weighted by atomic mass is 19.1. The Hall–Kier alpha value is -4.31. The number of benzene rings is 2. The molecule has 6 rings (SSSR count). The van der Waals surface area contributed by atoms with Gasteiger partial charge in [-0.25, -0.2) is 4.39 Å². The first-order valence-corrected chi connectivity index (χ1v) is 14.7. The van der Waals surface area contributed by atoms with Crippen molar-refractivity contribution >= 4 is 22.6 Å². The van der Waals surface area contributed by atoms with Crippen LogP contribution < -0.4 is 10.9 Å². The summed E-state index contributed by atoms with van der Waals surface area (Å²) in [7, 11) is 0. The number of hydrogen-bond acceptors (Lipinski definition) is 6. The highest BCUT2D eigenvalue weighted by Gasteiger charge is 2.23. The number of nitrogens with one attached hydrogen (secondary N) is 1. The Morgan fingerprint density at radius 1 is 1.05 bits per heavy atom. The summed E-state index contributed by atoms with van der Waals surface area (Å²) in [5.41, 5.74) is 1.27. The van der Waals surface area contributed by atoms with Crippen LogP contribution in [0.5, 0.6) is 0 Å². The normalized spacial score (nSPS) is 14.0. The van der Waals surface area contributed by atoms with Gasteiger partial charge in [-0.1, -0.05) is 37.1 Å². The molecule has 218 valence electrons. The maximum absolute atomic E-state index is 13.5. The van der Waals surface area contributed by atoms with Crippen molar-refractivity contribution in [3.8, 4) is 0 Å². The molecule has 0 bridgehead atoms. The molecular formula is C32H35FN6O3. The summed E-state index contributed by atoms with van der Waals surface area (Å²) in [6.45, 7) is 2.52. The smallest absolute Gasteiger partial charge is 0.263 e. The number of aryl methyl sites for hydroxylation is 1. The van der Waals surface area contributed by atoms with Gasteiger partial charge in [-0.3, -0.25) is 23.5 Å². The summed E-state index contributed by atoms with van der Waals surface area (Å²) in [5.74, 6) is 1.59. The van der Waals surface area contributed by atoms with E-state index in [0.717, 1.165) is 30.8 Å². The molecule has 2 aromatic carbocycles. The lowest BCUT2D eigenvalue weighted by molar-refractivity contribution is -0.121. The molecule has 0 spiro atoms. The predicted octanol–water partition coefficient (Wildman–Crippen LogP) is 4.71. The van der Waals surface area contributed by atoms with Crippen molar-refractivity contribution in [1.82, 2.24) is 29.4 Å². The lowest BCUT2D eigenvalue weighted by Gasteiger charge is -2.28. The van der Waals surface area contributed by atoms with Gasteiger partial charge in [0, 0.05) is 32.0 Å². The van der Waals surface area contributed by atoms with E-state index in [0.29, 0.717) is 41.5 Å². The zero-order valence-electron chi connectivity index (χ0n) is 23.5. The third-order valence-electron chi connectivity index (χ3n) is 8.13. The summed E-state index contributed by atoms with van der Waals surface area (Å²) >= 11 is 0. The summed E-state index contributed by atoms with van der Waals surface area (Å²) in [6.07, 6.45) is 8.17. The van der Waals surface area contributed by atoms with Crippen LogP contribution in [0.4, 0.5) is 4.39 Å². The first-order chi connectivity index (χ1) is 20.6. The highest BCUT2D eigenvalue weighted by molar-refractivity contribution is 5.80. The molecule has 42 heavy (non-hydrogen) atoms. The Morgan fingerprint density at radius 2 is 1.86 bits per heavy atom. The van der Waals surface area contributed by atoms with Crippen LogP contribution in [0.2, 0.25) is 0 Å². The number of nitrogens with zero attached hydrogens (tertiary/aromatic N) is 5. The molecule has 0 unspecified atom stereocenters. The zero-order chi connectivity index (χ0) is 28.9. The van der Waals surface area contributed by atoms with Gasteiger partial charge < -0.3 is 9.73 Å². The molecule has 1 saturated carbocycles. The van der Waals surface area contributed by atoms with E-state index < -0.39 is 0 Å². The van der Waals surface area contributed by atoms with E-state index in [1.54, 1.807) is 29.0 Å². The second kappa shape index (κ2) is 12.7. The van der Waals surface area contributed by atoms with E-state index in [-0.39, 0.29) is 30.2 Å². The van der Waals surface area contributed by atoms with E-state index in [4.69, 9.17) is 4.42 Å². The summed E-state index contributed by atoms with van der Waals surface area (Å²) in [6, 6.07) is 17.9. The van der Waals surface area contributed by atoms with Gasteiger partial charge in [-0.2, -0.15) is 0 Å². The lowest BCUT2D eigenvalue weighted by Crippen LogP contribution is -2.35. The second-order valence-corrected chi connectivity index (χ2v) is 11.0. The third kappa shape index (κ3) is 6.13. The van der Waals surface area contributed by atoms with Crippen LogP contribution in [0, 0.1) is 5.82 Å². The third-order valence-corrected chi connectivity index (χ3v) is 8.13. The molecule has 0 atom stereocenters.